The lowest BCUT2D eigenvalue weighted by molar-refractivity contribution is 0.102. The van der Waals surface area contributed by atoms with E-state index in [9.17, 15) is 0 Å². The van der Waals surface area contributed by atoms with Crippen molar-refractivity contribution in [2.45, 2.75) is 69.2 Å². The largest absolute Gasteiger partial charge is 0.380 e. The fraction of sp³-hybridized carbons (Fsp3) is 0.857. The van der Waals surface area contributed by atoms with Gasteiger partial charge in [-0.05, 0) is 12.8 Å². The van der Waals surface area contributed by atoms with Crippen LogP contribution in [0.3, 0.4) is 0 Å². The molecule has 0 aromatic rings. The van der Waals surface area contributed by atoms with Gasteiger partial charge in [0.2, 0.25) is 0 Å². The summed E-state index contributed by atoms with van der Waals surface area (Å²) in [5.74, 6) is 0. The monoisotopic (exact) mass is 290 g/mol. The zero-order valence-electron chi connectivity index (χ0n) is 10.9. The van der Waals surface area contributed by atoms with E-state index < -0.39 is 0 Å². The van der Waals surface area contributed by atoms with Crippen molar-refractivity contribution in [1.29, 1.82) is 0 Å². The Labute approximate surface area is 110 Å². The summed E-state index contributed by atoms with van der Waals surface area (Å²) in [5.41, 5.74) is 0. The van der Waals surface area contributed by atoms with Crippen LogP contribution in [0.4, 0.5) is 0 Å². The molecule has 0 bridgehead atoms. The summed E-state index contributed by atoms with van der Waals surface area (Å²) in [5, 5.41) is 0. The van der Waals surface area contributed by atoms with Gasteiger partial charge in [-0.2, -0.15) is 0 Å². The van der Waals surface area contributed by atoms with Crippen LogP contribution < -0.4 is 0 Å². The van der Waals surface area contributed by atoms with E-state index in [-0.39, 0.29) is 6.10 Å². The second-order valence-electron chi connectivity index (χ2n) is 4.37. The molecule has 0 saturated carbocycles. The summed E-state index contributed by atoms with van der Waals surface area (Å²) in [7, 11) is 1.78. The Morgan fingerprint density at radius 3 is 2.38 bits per heavy atom. The van der Waals surface area contributed by atoms with Crippen molar-refractivity contribution in [3.63, 3.8) is 0 Å². The Balaban J connectivity index is 3.47. The van der Waals surface area contributed by atoms with Crippen LogP contribution >= 0.6 is 15.9 Å². The third kappa shape index (κ3) is 8.35. The van der Waals surface area contributed by atoms with E-state index in [0.29, 0.717) is 4.83 Å². The van der Waals surface area contributed by atoms with Crippen molar-refractivity contribution in [3.8, 4) is 0 Å². The molecule has 2 heteroatoms. The molecule has 96 valence electrons. The maximum absolute atomic E-state index is 5.43. The average molecular weight is 291 g/mol. The maximum Gasteiger partial charge on any atom is 0.0730 e. The summed E-state index contributed by atoms with van der Waals surface area (Å²) in [4.78, 5) is 0.474. The molecule has 0 spiro atoms. The molecule has 0 unspecified atom stereocenters. The van der Waals surface area contributed by atoms with Crippen molar-refractivity contribution >= 4 is 15.9 Å². The Morgan fingerprint density at radius 2 is 1.81 bits per heavy atom. The number of methoxy groups -OCH3 is 1. The number of hydrogen-bond donors (Lipinski definition) is 0. The van der Waals surface area contributed by atoms with Gasteiger partial charge in [-0.1, -0.05) is 67.5 Å². The molecule has 0 saturated heterocycles. The molecule has 0 N–H and O–H groups in total. The van der Waals surface area contributed by atoms with Crippen LogP contribution in [-0.2, 0) is 4.74 Å². The van der Waals surface area contributed by atoms with Gasteiger partial charge in [-0.25, -0.2) is 0 Å². The fourth-order valence-corrected chi connectivity index (χ4v) is 2.62. The molecular formula is C14H27BrO. The molecule has 0 aliphatic heterocycles. The van der Waals surface area contributed by atoms with Crippen molar-refractivity contribution in [1.82, 2.24) is 0 Å². The Morgan fingerprint density at radius 1 is 1.19 bits per heavy atom. The van der Waals surface area contributed by atoms with Crippen molar-refractivity contribution in [3.05, 3.63) is 12.7 Å². The minimum Gasteiger partial charge on any atom is -0.380 e. The topological polar surface area (TPSA) is 9.23 Å². The normalized spacial score (nSPS) is 14.7. The van der Waals surface area contributed by atoms with E-state index in [1.54, 1.807) is 7.11 Å². The van der Waals surface area contributed by atoms with Gasteiger partial charge in [0, 0.05) is 11.9 Å². The Bertz CT molecular complexity index is 159. The maximum atomic E-state index is 5.43. The molecule has 0 aromatic carbocycles. The third-order valence-electron chi connectivity index (χ3n) is 2.94. The molecule has 0 radical (unpaired) electrons. The quantitative estimate of drug-likeness (QED) is 0.292. The van der Waals surface area contributed by atoms with Gasteiger partial charge in [-0.15, -0.1) is 6.58 Å². The molecular weight excluding hydrogens is 264 g/mol. The summed E-state index contributed by atoms with van der Waals surface area (Å²) in [6.07, 6.45) is 12.5. The Hall–Kier alpha value is 0.180. The average Bonchev–Trinajstić information content (AvgIpc) is 2.30. The molecule has 2 atom stereocenters. The number of rotatable bonds is 11. The standard InChI is InChI=1S/C14H27BrO/c1-4-6-7-8-9-10-12-13(15)14(16-3)11-5-2/h5,13-14H,2,4,6-12H2,1,3H3/t13-,14+/m1/s1. The molecule has 0 rings (SSSR count). The molecule has 0 fully saturated rings. The first-order valence-electron chi connectivity index (χ1n) is 6.54. The highest BCUT2D eigenvalue weighted by molar-refractivity contribution is 9.09. The van der Waals surface area contributed by atoms with Gasteiger partial charge in [-0.3, -0.25) is 0 Å². The molecule has 0 amide bonds. The van der Waals surface area contributed by atoms with E-state index in [4.69, 9.17) is 4.74 Å². The predicted molar refractivity (Wildman–Crippen MR) is 76.3 cm³/mol. The highest BCUT2D eigenvalue weighted by atomic mass is 79.9. The van der Waals surface area contributed by atoms with Crippen LogP contribution in [0.1, 0.15) is 58.3 Å². The molecule has 0 heterocycles. The van der Waals surface area contributed by atoms with Crippen molar-refractivity contribution < 1.29 is 4.74 Å². The van der Waals surface area contributed by atoms with E-state index in [1.807, 2.05) is 6.08 Å². The summed E-state index contributed by atoms with van der Waals surface area (Å²) in [6, 6.07) is 0. The van der Waals surface area contributed by atoms with Gasteiger partial charge < -0.3 is 4.74 Å². The first-order valence-corrected chi connectivity index (χ1v) is 7.45. The molecule has 0 aromatic heterocycles. The van der Waals surface area contributed by atoms with Gasteiger partial charge in [0.15, 0.2) is 0 Å². The second-order valence-corrected chi connectivity index (χ2v) is 5.55. The summed E-state index contributed by atoms with van der Waals surface area (Å²) in [6.45, 7) is 6.02. The van der Waals surface area contributed by atoms with Gasteiger partial charge in [0.05, 0.1) is 6.10 Å². The second kappa shape index (κ2) is 11.7. The first-order chi connectivity index (χ1) is 7.76. The summed E-state index contributed by atoms with van der Waals surface area (Å²) >= 11 is 3.72. The molecule has 0 aliphatic rings. The first kappa shape index (κ1) is 16.2. The fourth-order valence-electron chi connectivity index (χ4n) is 1.86. The molecule has 1 nitrogen and oxygen atoms in total. The van der Waals surface area contributed by atoms with Gasteiger partial charge >= 0.3 is 0 Å². The van der Waals surface area contributed by atoms with Crippen LogP contribution in [0.2, 0.25) is 0 Å². The lowest BCUT2D eigenvalue weighted by Crippen LogP contribution is -2.22. The minimum absolute atomic E-state index is 0.285. The van der Waals surface area contributed by atoms with E-state index in [1.165, 1.54) is 44.9 Å². The smallest absolute Gasteiger partial charge is 0.0730 e. The third-order valence-corrected chi connectivity index (χ3v) is 3.99. The number of alkyl halides is 1. The van der Waals surface area contributed by atoms with Gasteiger partial charge in [0.25, 0.3) is 0 Å². The molecule has 16 heavy (non-hydrogen) atoms. The summed E-state index contributed by atoms with van der Waals surface area (Å²) < 4.78 is 5.43. The van der Waals surface area contributed by atoms with Crippen LogP contribution in [0.25, 0.3) is 0 Å². The highest BCUT2D eigenvalue weighted by Gasteiger charge is 2.15. The van der Waals surface area contributed by atoms with Crippen molar-refractivity contribution in [2.24, 2.45) is 0 Å². The van der Waals surface area contributed by atoms with E-state index >= 15 is 0 Å². The zero-order chi connectivity index (χ0) is 12.2. The van der Waals surface area contributed by atoms with Crippen molar-refractivity contribution in [2.75, 3.05) is 7.11 Å². The van der Waals surface area contributed by atoms with Crippen LogP contribution in [0.15, 0.2) is 12.7 Å². The molecule has 0 aliphatic carbocycles. The Kier molecular flexibility index (Phi) is 11.8. The number of ether oxygens (including phenoxy) is 1. The lowest BCUT2D eigenvalue weighted by Gasteiger charge is -2.19. The van der Waals surface area contributed by atoms with Gasteiger partial charge in [0.1, 0.15) is 0 Å². The van der Waals surface area contributed by atoms with E-state index in [2.05, 4.69) is 29.4 Å². The SMILES string of the molecule is C=CC[C@H](OC)[C@H](Br)CCCCCCCC. The lowest BCUT2D eigenvalue weighted by atomic mass is 10.0. The number of hydrogen-bond acceptors (Lipinski definition) is 1. The zero-order valence-corrected chi connectivity index (χ0v) is 12.5. The van der Waals surface area contributed by atoms with E-state index in [0.717, 1.165) is 6.42 Å². The number of halogens is 1. The highest BCUT2D eigenvalue weighted by Crippen LogP contribution is 2.20. The van der Waals surface area contributed by atoms with Crippen LogP contribution in [0, 0.1) is 0 Å². The van der Waals surface area contributed by atoms with Crippen LogP contribution in [-0.4, -0.2) is 18.0 Å². The number of unbranched alkanes of at least 4 members (excludes halogenated alkanes) is 5. The predicted octanol–water partition coefficient (Wildman–Crippen LogP) is 5.09. The minimum atomic E-state index is 0.285. The van der Waals surface area contributed by atoms with Crippen LogP contribution in [0.5, 0.6) is 0 Å².